The summed E-state index contributed by atoms with van der Waals surface area (Å²) < 4.78 is 30.5. The molecule has 0 fully saturated rings. The van der Waals surface area contributed by atoms with Crippen molar-refractivity contribution in [1.82, 2.24) is 9.13 Å². The van der Waals surface area contributed by atoms with Crippen LogP contribution in [0.15, 0.2) is 224 Å². The molecule has 0 spiro atoms. The highest BCUT2D eigenvalue weighted by Gasteiger charge is 2.27. The van der Waals surface area contributed by atoms with Crippen molar-refractivity contribution < 1.29 is 17.7 Å². The highest BCUT2D eigenvalue weighted by Crippen LogP contribution is 2.48. The van der Waals surface area contributed by atoms with Gasteiger partial charge in [0.05, 0.1) is 55.8 Å². The molecule has 0 amide bonds. The molecule has 0 atom stereocenters. The molecule has 0 unspecified atom stereocenters. The van der Waals surface area contributed by atoms with Crippen LogP contribution in [0.4, 0.5) is 0 Å². The van der Waals surface area contributed by atoms with Crippen molar-refractivity contribution in [3.8, 4) is 45.8 Å². The fourth-order valence-electron chi connectivity index (χ4n) is 12.5. The highest BCUT2D eigenvalue weighted by molar-refractivity contribution is 6.28. The summed E-state index contributed by atoms with van der Waals surface area (Å²) in [5, 5.41) is 34.8. The zero-order valence-corrected chi connectivity index (χ0v) is 40.1. The Morgan fingerprint density at radius 1 is 0.303 bits per heavy atom. The first kappa shape index (κ1) is 40.8. The van der Waals surface area contributed by atoms with E-state index in [9.17, 15) is 10.5 Å². The lowest BCUT2D eigenvalue weighted by Gasteiger charge is -2.17. The Bertz CT molecular complexity index is 5520. The SMILES string of the molecule is N#Cc1cc(-n2c3ccc(-c4ccc5oc6ccccc6c5c4)cc3c3c4oc5ccccc5c4ccc32)c(C#N)c(-n2c3cccc(-c4ccc5oc6ccccc6c5c4)c3c3c4oc5ccccc5c4ccc32)c1. The van der Waals surface area contributed by atoms with Crippen molar-refractivity contribution in [3.63, 3.8) is 0 Å². The molecule has 0 N–H and O–H groups in total. The number of aromatic nitrogens is 2. The van der Waals surface area contributed by atoms with E-state index in [0.29, 0.717) is 22.5 Å². The zero-order chi connectivity index (χ0) is 49.9. The Labute approximate surface area is 429 Å². The molecule has 0 bridgehead atoms. The molecule has 0 saturated carbocycles. The summed E-state index contributed by atoms with van der Waals surface area (Å²) >= 11 is 0. The Morgan fingerprint density at radius 2 is 0.750 bits per heavy atom. The maximum atomic E-state index is 11.8. The molecule has 76 heavy (non-hydrogen) atoms. The van der Waals surface area contributed by atoms with E-state index in [2.05, 4.69) is 130 Å². The molecule has 0 aliphatic carbocycles. The van der Waals surface area contributed by atoms with Gasteiger partial charge in [0.15, 0.2) is 0 Å². The van der Waals surface area contributed by atoms with Gasteiger partial charge >= 0.3 is 0 Å². The van der Waals surface area contributed by atoms with E-state index in [-0.39, 0.29) is 0 Å². The minimum atomic E-state index is 0.393. The van der Waals surface area contributed by atoms with E-state index in [0.717, 1.165) is 154 Å². The van der Waals surface area contributed by atoms with Gasteiger partial charge in [-0.3, -0.25) is 0 Å². The molecule has 17 aromatic rings. The predicted molar refractivity (Wildman–Crippen MR) is 305 cm³/mol. The number of fused-ring (bicyclic) bond motifs is 20. The first-order valence-corrected chi connectivity index (χ1v) is 25.2. The number of para-hydroxylation sites is 4. The summed E-state index contributed by atoms with van der Waals surface area (Å²) in [6.45, 7) is 0. The summed E-state index contributed by atoms with van der Waals surface area (Å²) in [4.78, 5) is 0. The van der Waals surface area contributed by atoms with Crippen LogP contribution in [0, 0.1) is 22.7 Å². The molecule has 0 aliphatic heterocycles. The Kier molecular flexibility index (Phi) is 7.99. The summed E-state index contributed by atoms with van der Waals surface area (Å²) in [7, 11) is 0. The van der Waals surface area contributed by atoms with E-state index in [1.807, 2.05) is 97.1 Å². The van der Waals surface area contributed by atoms with Crippen LogP contribution in [-0.4, -0.2) is 9.13 Å². The van der Waals surface area contributed by atoms with Gasteiger partial charge in [0.25, 0.3) is 0 Å². The van der Waals surface area contributed by atoms with Crippen LogP contribution in [0.1, 0.15) is 11.1 Å². The second kappa shape index (κ2) is 14.9. The Balaban J connectivity index is 0.964. The fourth-order valence-corrected chi connectivity index (χ4v) is 12.5. The van der Waals surface area contributed by atoms with Crippen LogP contribution in [0.25, 0.3) is 165 Å². The standard InChI is InChI=1S/C68H34N4O4/c69-35-37-30-56(71-52-25-20-38(39-21-28-62-48(32-39)44-12-3-5-16-58(44)73-62)33-50(52)65-54(71)26-23-46-42-10-1-7-18-60(42)75-67(46)65)51(36-70)57(31-37)72-53-15-9-14-41(40-22-29-63-49(34-40)45-13-4-6-17-59(45)74-63)64(53)66-55(72)27-24-47-43-11-2-8-19-61(43)76-68(47)66/h1-34H. The van der Waals surface area contributed by atoms with Crippen LogP contribution in [0.5, 0.6) is 0 Å². The number of nitrogens with zero attached hydrogens (tertiary/aromatic N) is 4. The predicted octanol–water partition coefficient (Wildman–Crippen LogP) is 18.6. The third-order valence-corrected chi connectivity index (χ3v) is 15.8. The van der Waals surface area contributed by atoms with Crippen LogP contribution < -0.4 is 0 Å². The molecular formula is C68H34N4O4. The molecule has 8 nitrogen and oxygen atoms in total. The Hall–Kier alpha value is -10.8. The number of hydrogen-bond donors (Lipinski definition) is 0. The number of furan rings is 4. The van der Waals surface area contributed by atoms with Gasteiger partial charge in [-0.15, -0.1) is 0 Å². The van der Waals surface area contributed by atoms with Crippen molar-refractivity contribution in [1.29, 1.82) is 10.5 Å². The van der Waals surface area contributed by atoms with Crippen molar-refractivity contribution >= 4 is 131 Å². The summed E-state index contributed by atoms with van der Waals surface area (Å²) in [5.74, 6) is 0. The second-order valence-corrected chi connectivity index (χ2v) is 19.7. The summed E-state index contributed by atoms with van der Waals surface area (Å²) in [6.07, 6.45) is 0. The van der Waals surface area contributed by atoms with E-state index in [1.54, 1.807) is 0 Å². The van der Waals surface area contributed by atoms with Gasteiger partial charge in [-0.2, -0.15) is 10.5 Å². The first-order chi connectivity index (χ1) is 37.6. The van der Waals surface area contributed by atoms with Gasteiger partial charge in [-0.1, -0.05) is 103 Å². The monoisotopic (exact) mass is 970 g/mol. The molecule has 0 radical (unpaired) electrons. The molecule has 8 heteroatoms. The highest BCUT2D eigenvalue weighted by atomic mass is 16.3. The normalized spacial score (nSPS) is 12.2. The van der Waals surface area contributed by atoms with Gasteiger partial charge in [-0.05, 0) is 125 Å². The topological polar surface area (TPSA) is 110 Å². The maximum Gasteiger partial charge on any atom is 0.145 e. The van der Waals surface area contributed by atoms with Crippen molar-refractivity contribution in [2.45, 2.75) is 0 Å². The third kappa shape index (κ3) is 5.43. The lowest BCUT2D eigenvalue weighted by Crippen LogP contribution is -2.05. The lowest BCUT2D eigenvalue weighted by atomic mass is 9.97. The minimum absolute atomic E-state index is 0.393. The van der Waals surface area contributed by atoms with Crippen LogP contribution in [0.2, 0.25) is 0 Å². The molecule has 17 rings (SSSR count). The quantitative estimate of drug-likeness (QED) is 0.174. The largest absolute Gasteiger partial charge is 0.456 e. The summed E-state index contributed by atoms with van der Waals surface area (Å²) in [6, 6.07) is 75.3. The van der Waals surface area contributed by atoms with Crippen LogP contribution >= 0.6 is 0 Å². The molecule has 6 heterocycles. The van der Waals surface area contributed by atoms with Crippen molar-refractivity contribution in [3.05, 3.63) is 217 Å². The molecule has 0 aliphatic rings. The molecule has 350 valence electrons. The van der Waals surface area contributed by atoms with Crippen molar-refractivity contribution in [2.24, 2.45) is 0 Å². The average molecular weight is 971 g/mol. The third-order valence-electron chi connectivity index (χ3n) is 15.8. The minimum Gasteiger partial charge on any atom is -0.456 e. The van der Waals surface area contributed by atoms with Crippen LogP contribution in [-0.2, 0) is 0 Å². The lowest BCUT2D eigenvalue weighted by molar-refractivity contribution is 0.668. The summed E-state index contributed by atoms with van der Waals surface area (Å²) in [5.41, 5.74) is 15.7. The van der Waals surface area contributed by atoms with Gasteiger partial charge in [0.1, 0.15) is 56.3 Å². The number of nitriles is 2. The van der Waals surface area contributed by atoms with E-state index < -0.39 is 0 Å². The van der Waals surface area contributed by atoms with E-state index in [4.69, 9.17) is 17.7 Å². The number of benzene rings is 11. The molecular weight excluding hydrogens is 937 g/mol. The molecule has 11 aromatic carbocycles. The molecule has 0 saturated heterocycles. The zero-order valence-electron chi connectivity index (χ0n) is 40.1. The van der Waals surface area contributed by atoms with E-state index >= 15 is 0 Å². The molecule has 6 aromatic heterocycles. The van der Waals surface area contributed by atoms with Gasteiger partial charge in [0.2, 0.25) is 0 Å². The smallest absolute Gasteiger partial charge is 0.145 e. The van der Waals surface area contributed by atoms with Gasteiger partial charge < -0.3 is 26.8 Å². The average Bonchev–Trinajstić information content (AvgIpc) is 4.33. The van der Waals surface area contributed by atoms with Gasteiger partial charge in [0, 0.05) is 53.9 Å². The fraction of sp³-hybridized carbons (Fsp3) is 0. The van der Waals surface area contributed by atoms with Crippen molar-refractivity contribution in [2.75, 3.05) is 0 Å². The Morgan fingerprint density at radius 3 is 1.34 bits per heavy atom. The number of hydrogen-bond acceptors (Lipinski definition) is 6. The number of rotatable bonds is 4. The van der Waals surface area contributed by atoms with Gasteiger partial charge in [-0.25, -0.2) is 0 Å². The maximum absolute atomic E-state index is 11.8. The van der Waals surface area contributed by atoms with E-state index in [1.165, 1.54) is 0 Å². The van der Waals surface area contributed by atoms with Crippen LogP contribution in [0.3, 0.4) is 0 Å². The first-order valence-electron chi connectivity index (χ1n) is 25.2. The second-order valence-electron chi connectivity index (χ2n) is 19.7.